The van der Waals surface area contributed by atoms with Crippen LogP contribution in [0, 0.1) is 11.8 Å². The van der Waals surface area contributed by atoms with Gasteiger partial charge in [-0.25, -0.2) is 0 Å². The van der Waals surface area contributed by atoms with Crippen LogP contribution in [-0.2, 0) is 19.1 Å². The van der Waals surface area contributed by atoms with E-state index in [1.165, 1.54) is 0 Å². The Morgan fingerprint density at radius 1 is 0.842 bits per heavy atom. The first-order valence-corrected chi connectivity index (χ1v) is 7.23. The molecule has 0 unspecified atom stereocenters. The third kappa shape index (κ3) is 13.2. The van der Waals surface area contributed by atoms with E-state index in [0.717, 1.165) is 12.8 Å². The molecule has 0 aromatic carbocycles. The van der Waals surface area contributed by atoms with Crippen molar-refractivity contribution in [2.24, 2.45) is 11.8 Å². The molecule has 0 saturated heterocycles. The number of carbonyl (C=O) groups excluding carboxylic acids is 2. The zero-order valence-electron chi connectivity index (χ0n) is 12.7. The van der Waals surface area contributed by atoms with Crippen LogP contribution in [0.3, 0.4) is 0 Å². The quantitative estimate of drug-likeness (QED) is 0.452. The van der Waals surface area contributed by atoms with Crippen molar-refractivity contribution < 1.29 is 19.1 Å². The summed E-state index contributed by atoms with van der Waals surface area (Å²) in [5, 5.41) is 0. The number of ether oxygens (including phenoxy) is 2. The van der Waals surface area contributed by atoms with E-state index in [0.29, 0.717) is 37.9 Å². The van der Waals surface area contributed by atoms with E-state index in [1.54, 1.807) is 0 Å². The summed E-state index contributed by atoms with van der Waals surface area (Å²) in [6.07, 6.45) is 3.04. The first-order chi connectivity index (χ1) is 8.91. The summed E-state index contributed by atoms with van der Waals surface area (Å²) in [7, 11) is 0. The minimum atomic E-state index is -0.235. The lowest BCUT2D eigenvalue weighted by molar-refractivity contribution is -0.146. The highest BCUT2D eigenvalue weighted by Gasteiger charge is 2.08. The lowest BCUT2D eigenvalue weighted by atomic mass is 10.1. The van der Waals surface area contributed by atoms with Crippen molar-refractivity contribution in [3.63, 3.8) is 0 Å². The van der Waals surface area contributed by atoms with E-state index < -0.39 is 0 Å². The van der Waals surface area contributed by atoms with Crippen molar-refractivity contribution >= 4 is 11.9 Å². The predicted molar refractivity (Wildman–Crippen MR) is 74.7 cm³/mol. The van der Waals surface area contributed by atoms with Crippen LogP contribution in [0.5, 0.6) is 0 Å². The molecule has 0 aliphatic heterocycles. The topological polar surface area (TPSA) is 52.6 Å². The molecule has 0 heterocycles. The summed E-state index contributed by atoms with van der Waals surface area (Å²) in [6, 6.07) is 0. The van der Waals surface area contributed by atoms with Gasteiger partial charge >= 0.3 is 11.9 Å². The van der Waals surface area contributed by atoms with Gasteiger partial charge in [0.15, 0.2) is 0 Å². The van der Waals surface area contributed by atoms with Crippen molar-refractivity contribution in [1.82, 2.24) is 0 Å². The molecule has 0 bridgehead atoms. The third-order valence-corrected chi connectivity index (χ3v) is 2.53. The third-order valence-electron chi connectivity index (χ3n) is 2.53. The highest BCUT2D eigenvalue weighted by molar-refractivity contribution is 5.72. The Kier molecular flexibility index (Phi) is 10.2. The molecule has 0 fully saturated rings. The summed E-state index contributed by atoms with van der Waals surface area (Å²) in [5.41, 5.74) is 0. The van der Waals surface area contributed by atoms with Gasteiger partial charge in [0, 0.05) is 12.8 Å². The molecule has 112 valence electrons. The van der Waals surface area contributed by atoms with Gasteiger partial charge in [0.25, 0.3) is 0 Å². The van der Waals surface area contributed by atoms with Crippen LogP contribution in [-0.4, -0.2) is 25.2 Å². The maximum absolute atomic E-state index is 11.4. The van der Waals surface area contributed by atoms with Crippen molar-refractivity contribution in [1.29, 1.82) is 0 Å². The lowest BCUT2D eigenvalue weighted by Crippen LogP contribution is -2.11. The van der Waals surface area contributed by atoms with Crippen LogP contribution in [0.1, 0.15) is 59.8 Å². The van der Waals surface area contributed by atoms with E-state index in [9.17, 15) is 9.59 Å². The molecule has 0 saturated carbocycles. The minimum Gasteiger partial charge on any atom is -0.466 e. The summed E-state index contributed by atoms with van der Waals surface area (Å²) in [4.78, 5) is 22.7. The van der Waals surface area contributed by atoms with Gasteiger partial charge < -0.3 is 9.47 Å². The molecule has 4 heteroatoms. The van der Waals surface area contributed by atoms with Gasteiger partial charge in [0.2, 0.25) is 0 Å². The molecule has 0 spiro atoms. The first kappa shape index (κ1) is 17.9. The smallest absolute Gasteiger partial charge is 0.305 e. The monoisotopic (exact) mass is 272 g/mol. The molecule has 0 aromatic rings. The van der Waals surface area contributed by atoms with Gasteiger partial charge in [0.1, 0.15) is 0 Å². The zero-order valence-corrected chi connectivity index (χ0v) is 12.7. The Morgan fingerprint density at radius 2 is 1.42 bits per heavy atom. The molecule has 19 heavy (non-hydrogen) atoms. The number of hydrogen-bond donors (Lipinski definition) is 0. The largest absolute Gasteiger partial charge is 0.466 e. The Bertz CT molecular complexity index is 259. The Morgan fingerprint density at radius 3 is 1.95 bits per heavy atom. The maximum atomic E-state index is 11.4. The normalized spacial score (nSPS) is 10.8. The van der Waals surface area contributed by atoms with Gasteiger partial charge in [-0.2, -0.15) is 0 Å². The van der Waals surface area contributed by atoms with E-state index >= 15 is 0 Å². The van der Waals surface area contributed by atoms with Crippen LogP contribution in [0.4, 0.5) is 0 Å². The van der Waals surface area contributed by atoms with Crippen LogP contribution in [0.2, 0.25) is 0 Å². The Labute approximate surface area is 116 Å². The van der Waals surface area contributed by atoms with Gasteiger partial charge in [-0.3, -0.25) is 9.59 Å². The van der Waals surface area contributed by atoms with Crippen LogP contribution >= 0.6 is 0 Å². The molecule has 4 nitrogen and oxygen atoms in total. The standard InChI is InChI=1S/C15H28O4/c1-12(2)7-6-10-18-14(16)8-5-9-15(17)19-11-13(3)4/h12-13H,5-11H2,1-4H3. The summed E-state index contributed by atoms with van der Waals surface area (Å²) in [5.74, 6) is 0.519. The lowest BCUT2D eigenvalue weighted by Gasteiger charge is -2.07. The fourth-order valence-corrected chi connectivity index (χ4v) is 1.46. The van der Waals surface area contributed by atoms with Crippen molar-refractivity contribution in [3.05, 3.63) is 0 Å². The first-order valence-electron chi connectivity index (χ1n) is 7.23. The molecule has 0 amide bonds. The minimum absolute atomic E-state index is 0.222. The molecule has 0 atom stereocenters. The highest BCUT2D eigenvalue weighted by Crippen LogP contribution is 2.05. The Balaban J connectivity index is 3.45. The van der Waals surface area contributed by atoms with Crippen LogP contribution < -0.4 is 0 Å². The van der Waals surface area contributed by atoms with E-state index in [1.807, 2.05) is 13.8 Å². The fraction of sp³-hybridized carbons (Fsp3) is 0.867. The Hall–Kier alpha value is -1.06. The molecule has 0 N–H and O–H groups in total. The second-order valence-electron chi connectivity index (χ2n) is 5.69. The SMILES string of the molecule is CC(C)CCCOC(=O)CCCC(=O)OCC(C)C. The van der Waals surface area contributed by atoms with Gasteiger partial charge in [0.05, 0.1) is 13.2 Å². The van der Waals surface area contributed by atoms with Crippen molar-refractivity contribution in [2.75, 3.05) is 13.2 Å². The molecular weight excluding hydrogens is 244 g/mol. The van der Waals surface area contributed by atoms with Crippen LogP contribution in [0.25, 0.3) is 0 Å². The summed E-state index contributed by atoms with van der Waals surface area (Å²) >= 11 is 0. The fourth-order valence-electron chi connectivity index (χ4n) is 1.46. The molecule has 0 radical (unpaired) electrons. The van der Waals surface area contributed by atoms with E-state index in [2.05, 4.69) is 13.8 Å². The van der Waals surface area contributed by atoms with Crippen molar-refractivity contribution in [2.45, 2.75) is 59.8 Å². The highest BCUT2D eigenvalue weighted by atomic mass is 16.5. The maximum Gasteiger partial charge on any atom is 0.305 e. The van der Waals surface area contributed by atoms with Gasteiger partial charge in [-0.15, -0.1) is 0 Å². The molecule has 0 aromatic heterocycles. The van der Waals surface area contributed by atoms with E-state index in [-0.39, 0.29) is 18.4 Å². The molecule has 0 aliphatic carbocycles. The number of esters is 2. The second kappa shape index (κ2) is 10.8. The van der Waals surface area contributed by atoms with Gasteiger partial charge in [-0.05, 0) is 31.1 Å². The number of hydrogen-bond acceptors (Lipinski definition) is 4. The van der Waals surface area contributed by atoms with Crippen LogP contribution in [0.15, 0.2) is 0 Å². The predicted octanol–water partition coefficient (Wildman–Crippen LogP) is 3.34. The summed E-state index contributed by atoms with van der Waals surface area (Å²) in [6.45, 7) is 9.19. The average Bonchev–Trinajstić information content (AvgIpc) is 2.32. The molecule has 0 rings (SSSR count). The van der Waals surface area contributed by atoms with Crippen molar-refractivity contribution in [3.8, 4) is 0 Å². The summed E-state index contributed by atoms with van der Waals surface area (Å²) < 4.78 is 10.1. The second-order valence-corrected chi connectivity index (χ2v) is 5.69. The number of carbonyl (C=O) groups is 2. The zero-order chi connectivity index (χ0) is 14.7. The van der Waals surface area contributed by atoms with Gasteiger partial charge in [-0.1, -0.05) is 27.7 Å². The average molecular weight is 272 g/mol. The molecule has 0 aliphatic rings. The number of rotatable bonds is 10. The van der Waals surface area contributed by atoms with E-state index in [4.69, 9.17) is 9.47 Å². The molecular formula is C15H28O4.